The highest BCUT2D eigenvalue weighted by Gasteiger charge is 2.25. The van der Waals surface area contributed by atoms with E-state index in [4.69, 9.17) is 11.6 Å². The van der Waals surface area contributed by atoms with Gasteiger partial charge in [-0.05, 0) is 61.7 Å². The number of nitrogens with zero attached hydrogens (tertiary/aromatic N) is 1. The van der Waals surface area contributed by atoms with Crippen LogP contribution < -0.4 is 0 Å². The number of piperidine rings is 1. The van der Waals surface area contributed by atoms with Gasteiger partial charge >= 0.3 is 0 Å². The van der Waals surface area contributed by atoms with Crippen molar-refractivity contribution >= 4 is 23.4 Å². The number of thioether (sulfide) groups is 1. The van der Waals surface area contributed by atoms with Gasteiger partial charge in [0.1, 0.15) is 0 Å². The van der Waals surface area contributed by atoms with Gasteiger partial charge in [0, 0.05) is 22.2 Å². The third-order valence-corrected chi connectivity index (χ3v) is 5.95. The third kappa shape index (κ3) is 5.00. The van der Waals surface area contributed by atoms with Crippen LogP contribution in [0.4, 0.5) is 0 Å². The molecule has 1 atom stereocenters. The minimum atomic E-state index is -0.322. The van der Waals surface area contributed by atoms with Crippen molar-refractivity contribution in [3.8, 4) is 0 Å². The normalized spacial score (nSPS) is 17.8. The van der Waals surface area contributed by atoms with E-state index in [9.17, 15) is 5.11 Å². The fraction of sp³-hybridized carbons (Fsp3) is 0.400. The second-order valence-electron chi connectivity index (χ2n) is 6.34. The van der Waals surface area contributed by atoms with Gasteiger partial charge in [0.25, 0.3) is 0 Å². The Bertz CT molecular complexity index is 611. The predicted octanol–water partition coefficient (Wildman–Crippen LogP) is 4.88. The van der Waals surface area contributed by atoms with Crippen molar-refractivity contribution < 1.29 is 5.11 Å². The largest absolute Gasteiger partial charge is 0.388 e. The van der Waals surface area contributed by atoms with Gasteiger partial charge in [0.15, 0.2) is 0 Å². The molecule has 24 heavy (non-hydrogen) atoms. The molecule has 4 heteroatoms. The highest BCUT2D eigenvalue weighted by atomic mass is 35.5. The molecule has 1 aliphatic rings. The Morgan fingerprint density at radius 3 is 2.38 bits per heavy atom. The Kier molecular flexibility index (Phi) is 6.61. The molecule has 1 unspecified atom stereocenters. The number of hydrogen-bond donors (Lipinski definition) is 1. The fourth-order valence-corrected chi connectivity index (χ4v) is 4.28. The Morgan fingerprint density at radius 1 is 1.04 bits per heavy atom. The van der Waals surface area contributed by atoms with Crippen molar-refractivity contribution in [2.24, 2.45) is 5.92 Å². The molecule has 1 saturated heterocycles. The minimum Gasteiger partial charge on any atom is -0.388 e. The zero-order valence-corrected chi connectivity index (χ0v) is 15.3. The first kappa shape index (κ1) is 17.8. The summed E-state index contributed by atoms with van der Waals surface area (Å²) in [7, 11) is 0. The van der Waals surface area contributed by atoms with Crippen LogP contribution in [0.5, 0.6) is 0 Å². The van der Waals surface area contributed by atoms with E-state index in [1.807, 2.05) is 54.2 Å². The Morgan fingerprint density at radius 2 is 1.71 bits per heavy atom. The summed E-state index contributed by atoms with van der Waals surface area (Å²) in [4.78, 5) is 3.78. The average molecular weight is 362 g/mol. The maximum Gasteiger partial charge on any atom is 0.0819 e. The quantitative estimate of drug-likeness (QED) is 0.742. The molecule has 2 aromatic carbocycles. The molecule has 0 aromatic heterocycles. The highest BCUT2D eigenvalue weighted by Crippen LogP contribution is 2.30. The van der Waals surface area contributed by atoms with Gasteiger partial charge in [-0.1, -0.05) is 41.9 Å². The number of benzene rings is 2. The number of rotatable bonds is 6. The van der Waals surface area contributed by atoms with Crippen LogP contribution in [-0.4, -0.2) is 35.4 Å². The Labute approximate surface area is 153 Å². The van der Waals surface area contributed by atoms with Gasteiger partial charge in [-0.15, -0.1) is 11.8 Å². The monoisotopic (exact) mass is 361 g/mol. The molecule has 0 bridgehead atoms. The molecule has 0 saturated carbocycles. The van der Waals surface area contributed by atoms with E-state index >= 15 is 0 Å². The van der Waals surface area contributed by atoms with Crippen LogP contribution in [0.3, 0.4) is 0 Å². The molecule has 1 aliphatic heterocycles. The number of halogens is 1. The standard InChI is InChI=1S/C20H24ClNOS/c21-18-6-8-19(9-7-18)24-15-14-22-12-10-17(11-13-22)20(23)16-4-2-1-3-5-16/h1-9,17,20,23H,10-15H2. The van der Waals surface area contributed by atoms with Crippen LogP contribution in [0.2, 0.25) is 5.02 Å². The van der Waals surface area contributed by atoms with Crippen molar-refractivity contribution in [1.82, 2.24) is 4.90 Å². The van der Waals surface area contributed by atoms with E-state index in [0.29, 0.717) is 5.92 Å². The van der Waals surface area contributed by atoms with Crippen molar-refractivity contribution in [2.45, 2.75) is 23.8 Å². The predicted molar refractivity (Wildman–Crippen MR) is 103 cm³/mol. The molecule has 3 rings (SSSR count). The fourth-order valence-electron chi connectivity index (χ4n) is 3.24. The molecular formula is C20H24ClNOS. The molecule has 0 amide bonds. The van der Waals surface area contributed by atoms with Crippen molar-refractivity contribution in [1.29, 1.82) is 0 Å². The van der Waals surface area contributed by atoms with E-state index in [0.717, 1.165) is 48.8 Å². The van der Waals surface area contributed by atoms with Crippen molar-refractivity contribution in [2.75, 3.05) is 25.4 Å². The molecule has 0 radical (unpaired) electrons. The molecule has 0 spiro atoms. The first-order chi connectivity index (χ1) is 11.7. The molecule has 1 N–H and O–H groups in total. The molecule has 2 aromatic rings. The lowest BCUT2D eigenvalue weighted by molar-refractivity contribution is 0.0607. The van der Waals surface area contributed by atoms with E-state index in [1.165, 1.54) is 4.90 Å². The van der Waals surface area contributed by atoms with E-state index < -0.39 is 0 Å². The Hall–Kier alpha value is -1.00. The van der Waals surface area contributed by atoms with Crippen LogP contribution in [-0.2, 0) is 0 Å². The molecular weight excluding hydrogens is 338 g/mol. The van der Waals surface area contributed by atoms with Crippen LogP contribution in [0.15, 0.2) is 59.5 Å². The second kappa shape index (κ2) is 8.91. The van der Waals surface area contributed by atoms with Crippen molar-refractivity contribution in [3.05, 3.63) is 65.2 Å². The topological polar surface area (TPSA) is 23.5 Å². The number of likely N-dealkylation sites (tertiary alicyclic amines) is 1. The zero-order valence-electron chi connectivity index (χ0n) is 13.8. The third-order valence-electron chi connectivity index (χ3n) is 4.71. The molecule has 128 valence electrons. The van der Waals surface area contributed by atoms with Crippen LogP contribution in [0.1, 0.15) is 24.5 Å². The van der Waals surface area contributed by atoms with Gasteiger partial charge in [0.2, 0.25) is 0 Å². The number of aliphatic hydroxyl groups is 1. The van der Waals surface area contributed by atoms with Crippen LogP contribution in [0.25, 0.3) is 0 Å². The van der Waals surface area contributed by atoms with E-state index in [1.54, 1.807) is 0 Å². The minimum absolute atomic E-state index is 0.322. The first-order valence-electron chi connectivity index (χ1n) is 8.56. The lowest BCUT2D eigenvalue weighted by atomic mass is 9.87. The second-order valence-corrected chi connectivity index (χ2v) is 7.94. The highest BCUT2D eigenvalue weighted by molar-refractivity contribution is 7.99. The average Bonchev–Trinajstić information content (AvgIpc) is 2.64. The summed E-state index contributed by atoms with van der Waals surface area (Å²) in [5, 5.41) is 11.3. The van der Waals surface area contributed by atoms with Gasteiger partial charge < -0.3 is 10.0 Å². The SMILES string of the molecule is OC(c1ccccc1)C1CCN(CCSc2ccc(Cl)cc2)CC1. The lowest BCUT2D eigenvalue weighted by Gasteiger charge is -2.34. The van der Waals surface area contributed by atoms with Crippen LogP contribution in [0, 0.1) is 5.92 Å². The molecule has 2 nitrogen and oxygen atoms in total. The van der Waals surface area contributed by atoms with Crippen molar-refractivity contribution in [3.63, 3.8) is 0 Å². The van der Waals surface area contributed by atoms with Crippen LogP contribution >= 0.6 is 23.4 Å². The maximum atomic E-state index is 10.5. The first-order valence-corrected chi connectivity index (χ1v) is 9.92. The number of hydrogen-bond acceptors (Lipinski definition) is 3. The van der Waals surface area contributed by atoms with Gasteiger partial charge in [-0.3, -0.25) is 0 Å². The smallest absolute Gasteiger partial charge is 0.0819 e. The van der Waals surface area contributed by atoms with Gasteiger partial charge in [-0.2, -0.15) is 0 Å². The van der Waals surface area contributed by atoms with E-state index in [2.05, 4.69) is 17.0 Å². The summed E-state index contributed by atoms with van der Waals surface area (Å²) in [5.41, 5.74) is 1.05. The molecule has 1 fully saturated rings. The summed E-state index contributed by atoms with van der Waals surface area (Å²) in [6.45, 7) is 3.26. The summed E-state index contributed by atoms with van der Waals surface area (Å²) in [6.07, 6.45) is 1.82. The molecule has 1 heterocycles. The molecule has 0 aliphatic carbocycles. The van der Waals surface area contributed by atoms with Gasteiger partial charge in [-0.25, -0.2) is 0 Å². The summed E-state index contributed by atoms with van der Waals surface area (Å²) in [6, 6.07) is 18.1. The summed E-state index contributed by atoms with van der Waals surface area (Å²) in [5.74, 6) is 1.47. The summed E-state index contributed by atoms with van der Waals surface area (Å²) < 4.78 is 0. The van der Waals surface area contributed by atoms with E-state index in [-0.39, 0.29) is 6.10 Å². The maximum absolute atomic E-state index is 10.5. The number of aliphatic hydroxyl groups excluding tert-OH is 1. The zero-order chi connectivity index (χ0) is 16.8. The lowest BCUT2D eigenvalue weighted by Crippen LogP contribution is -2.36. The summed E-state index contributed by atoms with van der Waals surface area (Å²) >= 11 is 7.79. The van der Waals surface area contributed by atoms with Gasteiger partial charge in [0.05, 0.1) is 6.10 Å². The Balaban J connectivity index is 1.40.